The van der Waals surface area contributed by atoms with Crippen molar-refractivity contribution in [3.8, 4) is 10.6 Å². The Morgan fingerprint density at radius 2 is 2.00 bits per heavy atom. The highest BCUT2D eigenvalue weighted by atomic mass is 32.1. The molecule has 0 spiro atoms. The fraction of sp³-hybridized carbons (Fsp3) is 0.250. The predicted octanol–water partition coefficient (Wildman–Crippen LogP) is 5.24. The van der Waals surface area contributed by atoms with Crippen molar-refractivity contribution < 1.29 is 9.53 Å². The van der Waals surface area contributed by atoms with Gasteiger partial charge in [-0.3, -0.25) is 4.79 Å². The highest BCUT2D eigenvalue weighted by Gasteiger charge is 2.26. The number of aryl methyl sites for hydroxylation is 2. The van der Waals surface area contributed by atoms with E-state index in [0.717, 1.165) is 32.0 Å². The third-order valence-electron chi connectivity index (χ3n) is 5.41. The van der Waals surface area contributed by atoms with Crippen molar-refractivity contribution in [2.24, 2.45) is 0 Å². The predicted molar refractivity (Wildman–Crippen MR) is 131 cm³/mol. The zero-order chi connectivity index (χ0) is 22.8. The monoisotopic (exact) mass is 477 g/mol. The molecule has 1 saturated heterocycles. The van der Waals surface area contributed by atoms with E-state index in [4.69, 9.17) is 4.74 Å². The second-order valence-electron chi connectivity index (χ2n) is 7.76. The Kier molecular flexibility index (Phi) is 6.17. The van der Waals surface area contributed by atoms with E-state index in [1.807, 2.05) is 60.5 Å². The number of nitrogens with one attached hydrogen (secondary N) is 1. The topological polar surface area (TPSA) is 80.2 Å². The Labute approximate surface area is 200 Å². The fourth-order valence-electron chi connectivity index (χ4n) is 3.79. The number of rotatable bonds is 5. The van der Waals surface area contributed by atoms with E-state index in [-0.39, 0.29) is 12.0 Å². The molecule has 1 N–H and O–H groups in total. The lowest BCUT2D eigenvalue weighted by Crippen LogP contribution is -2.42. The Balaban J connectivity index is 1.24. The maximum absolute atomic E-state index is 13.0. The summed E-state index contributed by atoms with van der Waals surface area (Å²) in [6.07, 6.45) is 1.51. The van der Waals surface area contributed by atoms with Crippen LogP contribution in [0, 0.1) is 13.8 Å². The number of benzene rings is 1. The Bertz CT molecular complexity index is 1250. The molecular weight excluding hydrogens is 454 g/mol. The largest absolute Gasteiger partial charge is 0.370 e. The number of anilines is 2. The van der Waals surface area contributed by atoms with Crippen LogP contribution < -0.4 is 5.32 Å². The number of carbonyl (C=O) groups excluding carboxylic acids is 1. The normalized spacial score (nSPS) is 16.1. The Morgan fingerprint density at radius 3 is 2.73 bits per heavy atom. The first-order valence-corrected chi connectivity index (χ1v) is 12.4. The van der Waals surface area contributed by atoms with Crippen LogP contribution in [0.25, 0.3) is 10.6 Å². The summed E-state index contributed by atoms with van der Waals surface area (Å²) in [5.41, 5.74) is 3.55. The average Bonchev–Trinajstić information content (AvgIpc) is 3.45. The zero-order valence-corrected chi connectivity index (χ0v) is 19.9. The van der Waals surface area contributed by atoms with Crippen molar-refractivity contribution in [3.63, 3.8) is 0 Å². The fourth-order valence-corrected chi connectivity index (χ4v) is 5.46. The van der Waals surface area contributed by atoms with Crippen LogP contribution in [0.3, 0.4) is 0 Å². The second-order valence-corrected chi connectivity index (χ2v) is 9.83. The van der Waals surface area contributed by atoms with Gasteiger partial charge in [0.25, 0.3) is 5.91 Å². The molecule has 1 fully saturated rings. The molecule has 3 aromatic heterocycles. The van der Waals surface area contributed by atoms with Crippen LogP contribution in [0.15, 0.2) is 54.0 Å². The molecule has 0 radical (unpaired) electrons. The molecule has 1 atom stereocenters. The van der Waals surface area contributed by atoms with Crippen LogP contribution in [0.5, 0.6) is 0 Å². The number of thiazole rings is 2. The minimum Gasteiger partial charge on any atom is -0.370 e. The summed E-state index contributed by atoms with van der Waals surface area (Å²) in [7, 11) is 0. The van der Waals surface area contributed by atoms with Gasteiger partial charge in [0.1, 0.15) is 11.9 Å². The van der Waals surface area contributed by atoms with Crippen molar-refractivity contribution in [1.82, 2.24) is 19.9 Å². The minimum atomic E-state index is -0.108. The molecule has 0 bridgehead atoms. The van der Waals surface area contributed by atoms with Crippen LogP contribution in [-0.2, 0) is 4.74 Å². The highest BCUT2D eigenvalue weighted by molar-refractivity contribution is 7.16. The van der Waals surface area contributed by atoms with Gasteiger partial charge in [-0.05, 0) is 31.5 Å². The summed E-state index contributed by atoms with van der Waals surface area (Å²) in [6, 6.07) is 13.6. The summed E-state index contributed by atoms with van der Waals surface area (Å²) >= 11 is 3.16. The van der Waals surface area contributed by atoms with E-state index in [0.29, 0.717) is 31.1 Å². The number of hydrogen-bond acceptors (Lipinski definition) is 8. The number of pyridine rings is 1. The summed E-state index contributed by atoms with van der Waals surface area (Å²) in [4.78, 5) is 29.5. The van der Waals surface area contributed by atoms with Crippen LogP contribution in [0.4, 0.5) is 10.9 Å². The molecule has 33 heavy (non-hydrogen) atoms. The van der Waals surface area contributed by atoms with E-state index in [1.165, 1.54) is 11.3 Å². The standard InChI is InChI=1S/C24H23N5O2S2/c1-15-22(33-16(2)26-15)19-14-32-24(27-19)28-21-9-8-18(12-25-21)23(30)29-10-11-31-20(13-29)17-6-4-3-5-7-17/h3-9,12,14,20H,10-11,13H2,1-2H3,(H,25,27,28). The maximum atomic E-state index is 13.0. The smallest absolute Gasteiger partial charge is 0.255 e. The second kappa shape index (κ2) is 9.38. The summed E-state index contributed by atoms with van der Waals surface area (Å²) in [5, 5.41) is 7.03. The highest BCUT2D eigenvalue weighted by Crippen LogP contribution is 2.32. The molecule has 1 aliphatic heterocycles. The van der Waals surface area contributed by atoms with E-state index < -0.39 is 0 Å². The van der Waals surface area contributed by atoms with Gasteiger partial charge in [-0.15, -0.1) is 22.7 Å². The molecule has 5 rings (SSSR count). The lowest BCUT2D eigenvalue weighted by atomic mass is 10.1. The van der Waals surface area contributed by atoms with Gasteiger partial charge in [-0.1, -0.05) is 30.3 Å². The van der Waals surface area contributed by atoms with Gasteiger partial charge in [0.15, 0.2) is 5.13 Å². The third-order valence-corrected chi connectivity index (χ3v) is 7.26. The van der Waals surface area contributed by atoms with E-state index >= 15 is 0 Å². The molecule has 1 aliphatic rings. The van der Waals surface area contributed by atoms with Crippen LogP contribution in [-0.4, -0.2) is 45.5 Å². The van der Waals surface area contributed by atoms with Crippen molar-refractivity contribution in [2.45, 2.75) is 20.0 Å². The Morgan fingerprint density at radius 1 is 1.15 bits per heavy atom. The Hall–Kier alpha value is -3.14. The number of aromatic nitrogens is 3. The first-order valence-electron chi connectivity index (χ1n) is 10.7. The number of carbonyl (C=O) groups is 1. The molecular formula is C24H23N5O2S2. The van der Waals surface area contributed by atoms with Crippen molar-refractivity contribution >= 4 is 39.5 Å². The lowest BCUT2D eigenvalue weighted by Gasteiger charge is -2.33. The minimum absolute atomic E-state index is 0.0362. The quantitative estimate of drug-likeness (QED) is 0.424. The molecule has 168 valence electrons. The molecule has 0 aliphatic carbocycles. The van der Waals surface area contributed by atoms with Gasteiger partial charge >= 0.3 is 0 Å². The van der Waals surface area contributed by atoms with Gasteiger partial charge in [0, 0.05) is 18.1 Å². The number of amides is 1. The van der Waals surface area contributed by atoms with Crippen LogP contribution in [0.1, 0.15) is 32.7 Å². The molecule has 7 nitrogen and oxygen atoms in total. The van der Waals surface area contributed by atoms with Gasteiger partial charge < -0.3 is 15.0 Å². The number of morpholine rings is 1. The van der Waals surface area contributed by atoms with Crippen molar-refractivity contribution in [3.05, 3.63) is 75.9 Å². The van der Waals surface area contributed by atoms with Crippen molar-refractivity contribution in [1.29, 1.82) is 0 Å². The van der Waals surface area contributed by atoms with Crippen molar-refractivity contribution in [2.75, 3.05) is 25.0 Å². The third kappa shape index (κ3) is 4.80. The van der Waals surface area contributed by atoms with Crippen LogP contribution >= 0.6 is 22.7 Å². The van der Waals surface area contributed by atoms with E-state index in [1.54, 1.807) is 23.6 Å². The van der Waals surface area contributed by atoms with Crippen LogP contribution in [0.2, 0.25) is 0 Å². The first kappa shape index (κ1) is 21.7. The molecule has 1 unspecified atom stereocenters. The molecule has 9 heteroatoms. The summed E-state index contributed by atoms with van der Waals surface area (Å²) in [6.45, 7) is 5.61. The molecule has 1 aromatic carbocycles. The molecule has 1 amide bonds. The molecule has 0 saturated carbocycles. The first-order chi connectivity index (χ1) is 16.1. The number of hydrogen-bond donors (Lipinski definition) is 1. The number of nitrogens with zero attached hydrogens (tertiary/aromatic N) is 4. The summed E-state index contributed by atoms with van der Waals surface area (Å²) < 4.78 is 5.88. The number of ether oxygens (including phenoxy) is 1. The average molecular weight is 478 g/mol. The van der Waals surface area contributed by atoms with E-state index in [9.17, 15) is 4.79 Å². The SMILES string of the molecule is Cc1nc(C)c(-c2csc(Nc3ccc(C(=O)N4CCOC(c5ccccc5)C4)cn3)n2)s1. The zero-order valence-electron chi connectivity index (χ0n) is 18.3. The van der Waals surface area contributed by atoms with E-state index in [2.05, 4.69) is 20.3 Å². The molecule has 4 heterocycles. The van der Waals surface area contributed by atoms with Gasteiger partial charge in [0.05, 0.1) is 40.0 Å². The van der Waals surface area contributed by atoms with Gasteiger partial charge in [-0.25, -0.2) is 15.0 Å². The maximum Gasteiger partial charge on any atom is 0.255 e. The van der Waals surface area contributed by atoms with Gasteiger partial charge in [-0.2, -0.15) is 0 Å². The van der Waals surface area contributed by atoms with Gasteiger partial charge in [0.2, 0.25) is 0 Å². The lowest BCUT2D eigenvalue weighted by molar-refractivity contribution is -0.0228. The molecule has 4 aromatic rings. The summed E-state index contributed by atoms with van der Waals surface area (Å²) in [5.74, 6) is 0.611.